The molecule has 1 aliphatic carbocycles. The van der Waals surface area contributed by atoms with Crippen LogP contribution in [0.3, 0.4) is 0 Å². The Morgan fingerprint density at radius 2 is 1.84 bits per heavy atom. The molecule has 0 saturated heterocycles. The first-order chi connectivity index (χ1) is 20.6. The van der Waals surface area contributed by atoms with E-state index in [1.54, 1.807) is 51.2 Å². The van der Waals surface area contributed by atoms with Gasteiger partial charge < -0.3 is 39.4 Å². The van der Waals surface area contributed by atoms with Crippen LogP contribution in [0.4, 0.5) is 0 Å². The molecule has 0 bridgehead atoms. The predicted octanol–water partition coefficient (Wildman–Crippen LogP) is 2.77. The van der Waals surface area contributed by atoms with Crippen LogP contribution in [-0.4, -0.2) is 92.5 Å². The number of benzene rings is 2. The summed E-state index contributed by atoms with van der Waals surface area (Å²) >= 11 is 2.01. The van der Waals surface area contributed by atoms with Crippen LogP contribution in [0, 0.1) is 9.49 Å². The number of aliphatic hydroxyl groups excluding tert-OH is 2. The summed E-state index contributed by atoms with van der Waals surface area (Å²) in [6.07, 6.45) is 0.394. The van der Waals surface area contributed by atoms with Crippen molar-refractivity contribution in [1.29, 1.82) is 0 Å². The van der Waals surface area contributed by atoms with Crippen molar-refractivity contribution in [2.24, 2.45) is 5.92 Å². The molecule has 2 aromatic rings. The minimum Gasteiger partial charge on any atom is -0.497 e. The second-order valence-electron chi connectivity index (χ2n) is 10.3. The summed E-state index contributed by atoms with van der Waals surface area (Å²) in [5.74, 6) is 0.795. The lowest BCUT2D eigenvalue weighted by Crippen LogP contribution is -2.56. The van der Waals surface area contributed by atoms with Gasteiger partial charge in [0.05, 0.1) is 37.5 Å². The van der Waals surface area contributed by atoms with Crippen LogP contribution in [-0.2, 0) is 16.0 Å². The van der Waals surface area contributed by atoms with Gasteiger partial charge in [-0.2, -0.15) is 0 Å². The number of carbonyl (C=O) groups excluding carboxylic acids is 3. The molecule has 234 valence electrons. The highest BCUT2D eigenvalue weighted by atomic mass is 127. The zero-order valence-electron chi connectivity index (χ0n) is 25.0. The first-order valence-corrected chi connectivity index (χ1v) is 14.9. The lowest BCUT2D eigenvalue weighted by Gasteiger charge is -2.41. The number of nitrogens with one attached hydrogen (secondary N) is 1. The second kappa shape index (κ2) is 15.9. The Bertz CT molecular complexity index is 1330. The summed E-state index contributed by atoms with van der Waals surface area (Å²) in [6, 6.07) is 7.73. The van der Waals surface area contributed by atoms with Crippen molar-refractivity contribution >= 4 is 40.7 Å². The van der Waals surface area contributed by atoms with E-state index < -0.39 is 30.1 Å². The standard InChI is InChI=1S/C31H39IN2O9/c1-18(2)31(39)34(10-8-20-14-22(40-3)6-7-25(20)41-4)24-15-21(30(38)33-9-11-35)16-26(28(24)37)43-29-23(32)12-19(17-36)13-27(29)42-5/h6-7,12-14,16-18,24,26,28,35,37H,8-11,15H2,1-5H3,(H,33,38). The molecule has 12 heteroatoms. The molecule has 0 spiro atoms. The fraction of sp³-hybridized carbons (Fsp3) is 0.452. The first kappa shape index (κ1) is 34.1. The predicted molar refractivity (Wildman–Crippen MR) is 168 cm³/mol. The van der Waals surface area contributed by atoms with E-state index in [9.17, 15) is 24.6 Å². The monoisotopic (exact) mass is 710 g/mol. The van der Waals surface area contributed by atoms with Crippen molar-refractivity contribution in [3.63, 3.8) is 0 Å². The van der Waals surface area contributed by atoms with E-state index in [-0.39, 0.29) is 43.5 Å². The number of halogens is 1. The lowest BCUT2D eigenvalue weighted by atomic mass is 9.87. The number of aldehydes is 1. The van der Waals surface area contributed by atoms with Gasteiger partial charge in [0.2, 0.25) is 11.8 Å². The topological polar surface area (TPSA) is 144 Å². The van der Waals surface area contributed by atoms with Crippen molar-refractivity contribution in [3.05, 3.63) is 56.7 Å². The highest BCUT2D eigenvalue weighted by Crippen LogP contribution is 2.37. The number of hydrogen-bond donors (Lipinski definition) is 3. The van der Waals surface area contributed by atoms with Crippen LogP contribution in [0.15, 0.2) is 42.0 Å². The maximum absolute atomic E-state index is 13.6. The molecular formula is C31H39IN2O9. The second-order valence-corrected chi connectivity index (χ2v) is 11.4. The van der Waals surface area contributed by atoms with E-state index in [4.69, 9.17) is 18.9 Å². The average molecular weight is 711 g/mol. The van der Waals surface area contributed by atoms with Crippen molar-refractivity contribution in [1.82, 2.24) is 10.2 Å². The molecule has 0 heterocycles. The van der Waals surface area contributed by atoms with Gasteiger partial charge in [0.1, 0.15) is 30.0 Å². The van der Waals surface area contributed by atoms with Gasteiger partial charge in [-0.1, -0.05) is 13.8 Å². The third-order valence-electron chi connectivity index (χ3n) is 7.14. The van der Waals surface area contributed by atoms with Gasteiger partial charge >= 0.3 is 0 Å². The normalized spacial score (nSPS) is 18.0. The van der Waals surface area contributed by atoms with Gasteiger partial charge in [-0.3, -0.25) is 14.4 Å². The largest absolute Gasteiger partial charge is 0.497 e. The molecule has 3 rings (SSSR count). The zero-order valence-corrected chi connectivity index (χ0v) is 27.1. The molecule has 3 atom stereocenters. The molecule has 0 fully saturated rings. The van der Waals surface area contributed by atoms with E-state index in [2.05, 4.69) is 5.32 Å². The first-order valence-electron chi connectivity index (χ1n) is 13.9. The van der Waals surface area contributed by atoms with Gasteiger partial charge in [-0.25, -0.2) is 0 Å². The van der Waals surface area contributed by atoms with Gasteiger partial charge in [-0.05, 0) is 71.0 Å². The molecule has 0 radical (unpaired) electrons. The third-order valence-corrected chi connectivity index (χ3v) is 7.94. The number of amides is 2. The molecule has 2 aromatic carbocycles. The quantitative estimate of drug-likeness (QED) is 0.199. The summed E-state index contributed by atoms with van der Waals surface area (Å²) < 4.78 is 23.2. The molecule has 1 aliphatic rings. The number of rotatable bonds is 14. The van der Waals surface area contributed by atoms with E-state index in [0.29, 0.717) is 38.9 Å². The molecule has 11 nitrogen and oxygen atoms in total. The van der Waals surface area contributed by atoms with Crippen LogP contribution in [0.1, 0.15) is 36.2 Å². The molecule has 3 unspecified atom stereocenters. The highest BCUT2D eigenvalue weighted by molar-refractivity contribution is 14.1. The lowest BCUT2D eigenvalue weighted by molar-refractivity contribution is -0.141. The number of hydrogen-bond acceptors (Lipinski definition) is 9. The zero-order chi connectivity index (χ0) is 31.7. The summed E-state index contributed by atoms with van der Waals surface area (Å²) in [4.78, 5) is 39.7. The molecule has 43 heavy (non-hydrogen) atoms. The molecule has 0 aromatic heterocycles. The SMILES string of the molecule is COc1ccc(OC)c(CCN(C(=O)C(C)C)C2CC(C(=O)NCCO)=CC(Oc3c(I)cc(C=O)cc3OC)C2O)c1. The van der Waals surface area contributed by atoms with Crippen LogP contribution in [0.25, 0.3) is 0 Å². The Morgan fingerprint density at radius 3 is 2.44 bits per heavy atom. The Balaban J connectivity index is 2.03. The van der Waals surface area contributed by atoms with E-state index in [1.807, 2.05) is 28.7 Å². The Kier molecular flexibility index (Phi) is 12.6. The molecule has 3 N–H and O–H groups in total. The fourth-order valence-electron chi connectivity index (χ4n) is 4.93. The van der Waals surface area contributed by atoms with Gasteiger partial charge in [-0.15, -0.1) is 0 Å². The van der Waals surface area contributed by atoms with Gasteiger partial charge in [0.25, 0.3) is 0 Å². The van der Waals surface area contributed by atoms with Crippen molar-refractivity contribution in [2.75, 3.05) is 41.0 Å². The van der Waals surface area contributed by atoms with Crippen LogP contribution in [0.2, 0.25) is 0 Å². The third kappa shape index (κ3) is 8.39. The summed E-state index contributed by atoms with van der Waals surface area (Å²) in [5.41, 5.74) is 1.50. The number of carbonyl (C=O) groups is 3. The van der Waals surface area contributed by atoms with Crippen molar-refractivity contribution in [3.8, 4) is 23.0 Å². The highest BCUT2D eigenvalue weighted by Gasteiger charge is 2.41. The molecule has 0 aliphatic heterocycles. The van der Waals surface area contributed by atoms with E-state index >= 15 is 0 Å². The van der Waals surface area contributed by atoms with Crippen LogP contribution >= 0.6 is 22.6 Å². The van der Waals surface area contributed by atoms with Crippen molar-refractivity contribution < 1.29 is 43.5 Å². The maximum atomic E-state index is 13.6. The van der Waals surface area contributed by atoms with E-state index in [0.717, 1.165) is 5.56 Å². The molecular weight excluding hydrogens is 671 g/mol. The van der Waals surface area contributed by atoms with Gasteiger partial charge in [0.15, 0.2) is 11.5 Å². The molecule has 0 saturated carbocycles. The van der Waals surface area contributed by atoms with Crippen molar-refractivity contribution in [2.45, 2.75) is 44.9 Å². The minimum atomic E-state index is -1.23. The average Bonchev–Trinajstić information content (AvgIpc) is 3.01. The summed E-state index contributed by atoms with van der Waals surface area (Å²) in [6.45, 7) is 3.56. The Labute approximate surface area is 265 Å². The summed E-state index contributed by atoms with van der Waals surface area (Å²) in [7, 11) is 4.57. The number of ether oxygens (including phenoxy) is 4. The Hall–Kier alpha value is -3.36. The number of methoxy groups -OCH3 is 3. The van der Waals surface area contributed by atoms with Crippen LogP contribution in [0.5, 0.6) is 23.0 Å². The molecule has 2 amide bonds. The van der Waals surface area contributed by atoms with Crippen LogP contribution < -0.4 is 24.3 Å². The maximum Gasteiger partial charge on any atom is 0.247 e. The number of nitrogens with zero attached hydrogens (tertiary/aromatic N) is 1. The fourth-order valence-corrected chi connectivity index (χ4v) is 5.68. The summed E-state index contributed by atoms with van der Waals surface area (Å²) in [5, 5.41) is 23.6. The smallest absolute Gasteiger partial charge is 0.247 e. The Morgan fingerprint density at radius 1 is 1.12 bits per heavy atom. The van der Waals surface area contributed by atoms with E-state index in [1.165, 1.54) is 19.3 Å². The minimum absolute atomic E-state index is 0.0398. The van der Waals surface area contributed by atoms with Gasteiger partial charge in [0, 0.05) is 36.6 Å². The number of aliphatic hydroxyl groups is 2.